The number of carbonyl (C=O) groups excluding carboxylic acids is 1. The van der Waals surface area contributed by atoms with Gasteiger partial charge in [0.05, 0.1) is 31.2 Å². The monoisotopic (exact) mass is 253 g/mol. The number of hydrogen-bond donors (Lipinski definition) is 3. The summed E-state index contributed by atoms with van der Waals surface area (Å²) in [4.78, 5) is 12.9. The number of primary amides is 1. The number of ether oxygens (including phenoxy) is 1. The van der Waals surface area contributed by atoms with Crippen LogP contribution in [0.4, 0.5) is 11.4 Å². The summed E-state index contributed by atoms with van der Waals surface area (Å²) in [7, 11) is 1.87. The Bertz CT molecular complexity index is 410. The zero-order chi connectivity index (χ0) is 13.5. The number of aliphatic hydroxyl groups is 1. The summed E-state index contributed by atoms with van der Waals surface area (Å²) < 4.78 is 5.17. The molecule has 6 nitrogen and oxygen atoms in total. The lowest BCUT2D eigenvalue weighted by Crippen LogP contribution is -2.24. The minimum atomic E-state index is -0.498. The fourth-order valence-electron chi connectivity index (χ4n) is 1.54. The quantitative estimate of drug-likeness (QED) is 0.462. The molecule has 0 heterocycles. The summed E-state index contributed by atoms with van der Waals surface area (Å²) in [6, 6.07) is 4.95. The van der Waals surface area contributed by atoms with Crippen molar-refractivity contribution in [1.82, 2.24) is 0 Å². The van der Waals surface area contributed by atoms with Crippen molar-refractivity contribution >= 4 is 17.3 Å². The molecule has 1 rings (SSSR count). The van der Waals surface area contributed by atoms with E-state index in [1.807, 2.05) is 11.9 Å². The van der Waals surface area contributed by atoms with Crippen molar-refractivity contribution in [3.05, 3.63) is 23.8 Å². The van der Waals surface area contributed by atoms with E-state index < -0.39 is 5.91 Å². The highest BCUT2D eigenvalue weighted by Crippen LogP contribution is 2.22. The number of anilines is 2. The normalized spacial score (nSPS) is 10.3. The maximum Gasteiger partial charge on any atom is 0.248 e. The zero-order valence-electron chi connectivity index (χ0n) is 10.4. The van der Waals surface area contributed by atoms with Crippen LogP contribution < -0.4 is 16.4 Å². The third-order valence-electron chi connectivity index (χ3n) is 2.53. The Morgan fingerprint density at radius 3 is 2.72 bits per heavy atom. The molecule has 5 N–H and O–H groups in total. The summed E-state index contributed by atoms with van der Waals surface area (Å²) >= 11 is 0. The van der Waals surface area contributed by atoms with Gasteiger partial charge in [-0.15, -0.1) is 0 Å². The first-order chi connectivity index (χ1) is 8.56. The third-order valence-corrected chi connectivity index (χ3v) is 2.53. The summed E-state index contributed by atoms with van der Waals surface area (Å²) in [5.41, 5.74) is 12.7. The van der Waals surface area contributed by atoms with Gasteiger partial charge in [-0.05, 0) is 18.2 Å². The van der Waals surface area contributed by atoms with E-state index in [9.17, 15) is 4.79 Å². The molecule has 0 radical (unpaired) electrons. The number of nitrogen functional groups attached to an aromatic ring is 1. The molecular formula is C12H19N3O3. The average Bonchev–Trinajstić information content (AvgIpc) is 2.34. The van der Waals surface area contributed by atoms with Crippen molar-refractivity contribution in [3.63, 3.8) is 0 Å². The molecule has 0 spiro atoms. The lowest BCUT2D eigenvalue weighted by molar-refractivity contribution is 0.0971. The van der Waals surface area contributed by atoms with Crippen molar-refractivity contribution in [1.29, 1.82) is 0 Å². The van der Waals surface area contributed by atoms with Crippen molar-refractivity contribution < 1.29 is 14.6 Å². The average molecular weight is 253 g/mol. The molecule has 0 atom stereocenters. The third kappa shape index (κ3) is 3.90. The number of benzene rings is 1. The number of rotatable bonds is 7. The Balaban J connectivity index is 2.62. The van der Waals surface area contributed by atoms with Crippen molar-refractivity contribution in [2.24, 2.45) is 5.73 Å². The smallest absolute Gasteiger partial charge is 0.248 e. The van der Waals surface area contributed by atoms with Gasteiger partial charge in [0.1, 0.15) is 0 Å². The van der Waals surface area contributed by atoms with Gasteiger partial charge < -0.3 is 26.2 Å². The highest BCUT2D eigenvalue weighted by Gasteiger charge is 2.08. The number of amides is 1. The largest absolute Gasteiger partial charge is 0.397 e. The van der Waals surface area contributed by atoms with Gasteiger partial charge in [0.25, 0.3) is 0 Å². The Morgan fingerprint density at radius 1 is 1.44 bits per heavy atom. The van der Waals surface area contributed by atoms with Gasteiger partial charge in [0.2, 0.25) is 5.91 Å². The molecule has 0 saturated heterocycles. The van der Waals surface area contributed by atoms with Gasteiger partial charge in [-0.25, -0.2) is 0 Å². The molecule has 0 aliphatic rings. The number of carbonyl (C=O) groups is 1. The summed E-state index contributed by atoms with van der Waals surface area (Å²) in [6.45, 7) is 1.47. The maximum atomic E-state index is 11.0. The SMILES string of the molecule is CN(CCOCCO)c1ccc(C(N)=O)cc1N. The maximum absolute atomic E-state index is 11.0. The molecule has 1 aromatic rings. The molecule has 1 amide bonds. The van der Waals surface area contributed by atoms with E-state index in [0.29, 0.717) is 31.0 Å². The van der Waals surface area contributed by atoms with E-state index in [1.165, 1.54) is 0 Å². The number of nitrogens with two attached hydrogens (primary N) is 2. The summed E-state index contributed by atoms with van der Waals surface area (Å²) in [5.74, 6) is -0.498. The highest BCUT2D eigenvalue weighted by atomic mass is 16.5. The van der Waals surface area contributed by atoms with Crippen LogP contribution in [0.2, 0.25) is 0 Å². The Morgan fingerprint density at radius 2 is 2.17 bits per heavy atom. The van der Waals surface area contributed by atoms with E-state index in [2.05, 4.69) is 0 Å². The minimum Gasteiger partial charge on any atom is -0.397 e. The second-order valence-corrected chi connectivity index (χ2v) is 3.90. The van der Waals surface area contributed by atoms with E-state index in [4.69, 9.17) is 21.3 Å². The summed E-state index contributed by atoms with van der Waals surface area (Å²) in [6.07, 6.45) is 0. The van der Waals surface area contributed by atoms with Crippen LogP contribution in [-0.4, -0.2) is 44.4 Å². The zero-order valence-corrected chi connectivity index (χ0v) is 10.4. The minimum absolute atomic E-state index is 0.0131. The lowest BCUT2D eigenvalue weighted by Gasteiger charge is -2.21. The van der Waals surface area contributed by atoms with Gasteiger partial charge in [-0.2, -0.15) is 0 Å². The fourth-order valence-corrected chi connectivity index (χ4v) is 1.54. The van der Waals surface area contributed by atoms with Gasteiger partial charge in [-0.3, -0.25) is 4.79 Å². The van der Waals surface area contributed by atoms with Crippen molar-refractivity contribution in [2.75, 3.05) is 44.0 Å². The molecule has 18 heavy (non-hydrogen) atoms. The van der Waals surface area contributed by atoms with E-state index in [-0.39, 0.29) is 6.61 Å². The number of likely N-dealkylation sites (N-methyl/N-ethyl adjacent to an activating group) is 1. The molecule has 0 unspecified atom stereocenters. The number of aliphatic hydroxyl groups excluding tert-OH is 1. The molecule has 0 saturated carbocycles. The molecule has 0 aliphatic heterocycles. The number of nitrogens with zero attached hydrogens (tertiary/aromatic N) is 1. The van der Waals surface area contributed by atoms with Gasteiger partial charge >= 0.3 is 0 Å². The first kappa shape index (κ1) is 14.3. The first-order valence-electron chi connectivity index (χ1n) is 5.65. The Kier molecular flexibility index (Phi) is 5.41. The predicted octanol–water partition coefficient (Wildman–Crippen LogP) is -0.187. The van der Waals surface area contributed by atoms with Crippen LogP contribution in [0.3, 0.4) is 0 Å². The molecular weight excluding hydrogens is 234 g/mol. The second-order valence-electron chi connectivity index (χ2n) is 3.90. The molecule has 6 heteroatoms. The standard InChI is InChI=1S/C12H19N3O3/c1-15(4-6-18-7-5-16)11-3-2-9(12(14)17)8-10(11)13/h2-3,8,16H,4-7,13H2,1H3,(H2,14,17). The predicted molar refractivity (Wildman–Crippen MR) is 70.5 cm³/mol. The molecule has 0 aromatic heterocycles. The van der Waals surface area contributed by atoms with Gasteiger partial charge in [-0.1, -0.05) is 0 Å². The first-order valence-corrected chi connectivity index (χ1v) is 5.65. The molecule has 100 valence electrons. The lowest BCUT2D eigenvalue weighted by atomic mass is 10.1. The molecule has 0 bridgehead atoms. The van der Waals surface area contributed by atoms with Crippen LogP contribution in [0.15, 0.2) is 18.2 Å². The van der Waals surface area contributed by atoms with Crippen LogP contribution in [0, 0.1) is 0 Å². The molecule has 0 fully saturated rings. The Hall–Kier alpha value is -1.79. The number of hydrogen-bond acceptors (Lipinski definition) is 5. The molecule has 1 aromatic carbocycles. The van der Waals surface area contributed by atoms with Crippen LogP contribution in [-0.2, 0) is 4.74 Å². The van der Waals surface area contributed by atoms with Crippen LogP contribution in [0.1, 0.15) is 10.4 Å². The Labute approximate surface area is 106 Å². The fraction of sp³-hybridized carbons (Fsp3) is 0.417. The van der Waals surface area contributed by atoms with Gasteiger partial charge in [0, 0.05) is 19.2 Å². The van der Waals surface area contributed by atoms with Crippen molar-refractivity contribution in [2.45, 2.75) is 0 Å². The van der Waals surface area contributed by atoms with Crippen LogP contribution in [0.25, 0.3) is 0 Å². The van der Waals surface area contributed by atoms with E-state index in [1.54, 1.807) is 18.2 Å². The van der Waals surface area contributed by atoms with Crippen LogP contribution in [0.5, 0.6) is 0 Å². The molecule has 0 aliphatic carbocycles. The topological polar surface area (TPSA) is 102 Å². The van der Waals surface area contributed by atoms with E-state index in [0.717, 1.165) is 5.69 Å². The second kappa shape index (κ2) is 6.83. The highest BCUT2D eigenvalue weighted by molar-refractivity contribution is 5.94. The van der Waals surface area contributed by atoms with E-state index >= 15 is 0 Å². The van der Waals surface area contributed by atoms with Gasteiger partial charge in [0.15, 0.2) is 0 Å². The van der Waals surface area contributed by atoms with Crippen LogP contribution >= 0.6 is 0 Å². The summed E-state index contributed by atoms with van der Waals surface area (Å²) in [5, 5.41) is 8.57. The van der Waals surface area contributed by atoms with Crippen molar-refractivity contribution in [3.8, 4) is 0 Å².